The third-order valence-electron chi connectivity index (χ3n) is 5.67. The zero-order valence-electron chi connectivity index (χ0n) is 18.8. The lowest BCUT2D eigenvalue weighted by Gasteiger charge is -2.12. The summed E-state index contributed by atoms with van der Waals surface area (Å²) >= 11 is 0. The highest BCUT2D eigenvalue weighted by Crippen LogP contribution is 2.32. The molecule has 0 radical (unpaired) electrons. The second-order valence-corrected chi connectivity index (χ2v) is 8.16. The van der Waals surface area contributed by atoms with Gasteiger partial charge >= 0.3 is 5.97 Å². The normalized spacial score (nSPS) is 13.8. The smallest absolute Gasteiger partial charge is 0.355 e. The highest BCUT2D eigenvalue weighted by Gasteiger charge is 2.27. The van der Waals surface area contributed by atoms with E-state index in [-0.39, 0.29) is 16.9 Å². The number of fused-ring (bicyclic) bond motifs is 1. The molecule has 4 aromatic rings. The Bertz CT molecular complexity index is 1480. The molecule has 3 aromatic carbocycles. The van der Waals surface area contributed by atoms with Gasteiger partial charge in [-0.15, -0.1) is 0 Å². The summed E-state index contributed by atoms with van der Waals surface area (Å²) in [5.41, 5.74) is 3.11. The summed E-state index contributed by atoms with van der Waals surface area (Å²) in [6.07, 6.45) is 1.97. The Hall–Kier alpha value is -4.66. The van der Waals surface area contributed by atoms with Gasteiger partial charge in [0.15, 0.2) is 5.76 Å². The molecular weight excluding hydrogens is 468 g/mol. The Morgan fingerprint density at radius 2 is 1.69 bits per heavy atom. The molecule has 1 amide bonds. The molecule has 0 fully saturated rings. The largest absolute Gasteiger partial charge is 0.365 e. The van der Waals surface area contributed by atoms with E-state index in [0.717, 1.165) is 12.5 Å². The van der Waals surface area contributed by atoms with Crippen molar-refractivity contribution in [1.29, 1.82) is 0 Å². The van der Waals surface area contributed by atoms with Crippen molar-refractivity contribution in [2.24, 2.45) is 5.16 Å². The van der Waals surface area contributed by atoms with Gasteiger partial charge in [-0.25, -0.2) is 13.6 Å². The van der Waals surface area contributed by atoms with Gasteiger partial charge in [0.05, 0.1) is 22.5 Å². The molecular formula is C27H19F2N3O4. The Labute approximate surface area is 204 Å². The number of hydrogen-bond acceptors (Lipinski definition) is 6. The molecule has 0 atom stereocenters. The van der Waals surface area contributed by atoms with Crippen LogP contribution in [-0.2, 0) is 11.3 Å². The maximum absolute atomic E-state index is 13.4. The van der Waals surface area contributed by atoms with Crippen LogP contribution < -0.4 is 5.32 Å². The fourth-order valence-electron chi connectivity index (χ4n) is 3.94. The second kappa shape index (κ2) is 9.91. The first kappa shape index (κ1) is 23.1. The zero-order valence-corrected chi connectivity index (χ0v) is 18.8. The van der Waals surface area contributed by atoms with Crippen LogP contribution in [0.1, 0.15) is 44.8 Å². The molecule has 1 aliphatic carbocycles. The molecule has 1 aromatic heterocycles. The summed E-state index contributed by atoms with van der Waals surface area (Å²) in [7, 11) is 0. The number of hydrogen-bond donors (Lipinski definition) is 1. The van der Waals surface area contributed by atoms with Crippen LogP contribution in [0.4, 0.5) is 14.5 Å². The number of nitrogens with zero attached hydrogens (tertiary/aromatic N) is 2. The van der Waals surface area contributed by atoms with E-state index in [0.29, 0.717) is 46.8 Å². The monoisotopic (exact) mass is 487 g/mol. The van der Waals surface area contributed by atoms with Crippen LogP contribution in [-0.4, -0.2) is 22.7 Å². The molecule has 5 rings (SSSR count). The van der Waals surface area contributed by atoms with E-state index < -0.39 is 17.7 Å². The fraction of sp³-hybridized carbons (Fsp3) is 0.111. The molecule has 0 spiro atoms. The number of aryl methyl sites for hydroxylation is 1. The Balaban J connectivity index is 1.33. The average Bonchev–Trinajstić information content (AvgIpc) is 3.33. The molecule has 1 N–H and O–H groups in total. The summed E-state index contributed by atoms with van der Waals surface area (Å²) in [6, 6.07) is 17.2. The van der Waals surface area contributed by atoms with Crippen molar-refractivity contribution in [3.63, 3.8) is 0 Å². The van der Waals surface area contributed by atoms with Gasteiger partial charge in [-0.3, -0.25) is 4.79 Å². The van der Waals surface area contributed by atoms with Crippen molar-refractivity contribution in [3.05, 3.63) is 107 Å². The molecule has 0 saturated heterocycles. The Morgan fingerprint density at radius 1 is 0.917 bits per heavy atom. The highest BCUT2D eigenvalue weighted by atomic mass is 19.1. The van der Waals surface area contributed by atoms with E-state index in [1.165, 1.54) is 42.5 Å². The van der Waals surface area contributed by atoms with Gasteiger partial charge in [0.25, 0.3) is 5.91 Å². The van der Waals surface area contributed by atoms with Crippen LogP contribution >= 0.6 is 0 Å². The molecule has 9 heteroatoms. The summed E-state index contributed by atoms with van der Waals surface area (Å²) < 4.78 is 32.3. The number of carbonyl (C=O) groups excluding carboxylic acids is 2. The standard InChI is InChI=1S/C27H19F2N3O4/c28-19-12-10-16(11-13-19)25-24-22(31-35-25)8-3-9-23(24)32-36-27(34)18-5-2-7-21(15-18)30-26(33)17-4-1-6-20(29)14-17/h1-2,4-7,10-15H,3,8-9H2,(H,30,33)/b32-23+. The zero-order chi connectivity index (χ0) is 25.1. The van der Waals surface area contributed by atoms with Gasteiger partial charge in [0.1, 0.15) is 11.6 Å². The van der Waals surface area contributed by atoms with Crippen molar-refractivity contribution in [3.8, 4) is 11.3 Å². The Morgan fingerprint density at radius 3 is 2.50 bits per heavy atom. The number of halogens is 2. The van der Waals surface area contributed by atoms with E-state index in [4.69, 9.17) is 9.36 Å². The predicted molar refractivity (Wildman–Crippen MR) is 128 cm³/mol. The van der Waals surface area contributed by atoms with Crippen LogP contribution in [0.25, 0.3) is 11.3 Å². The minimum atomic E-state index is -0.726. The van der Waals surface area contributed by atoms with Crippen LogP contribution in [0.2, 0.25) is 0 Å². The predicted octanol–water partition coefficient (Wildman–Crippen LogP) is 5.77. The molecule has 36 heavy (non-hydrogen) atoms. The number of oxime groups is 1. The number of anilines is 1. The number of nitrogens with one attached hydrogen (secondary N) is 1. The number of rotatable bonds is 5. The molecule has 0 aliphatic heterocycles. The fourth-order valence-corrected chi connectivity index (χ4v) is 3.94. The van der Waals surface area contributed by atoms with Gasteiger partial charge in [0, 0.05) is 16.8 Å². The summed E-state index contributed by atoms with van der Waals surface area (Å²) in [4.78, 5) is 30.3. The van der Waals surface area contributed by atoms with Gasteiger partial charge in [0.2, 0.25) is 0 Å². The summed E-state index contributed by atoms with van der Waals surface area (Å²) in [6.45, 7) is 0. The van der Waals surface area contributed by atoms with E-state index in [2.05, 4.69) is 15.6 Å². The quantitative estimate of drug-likeness (QED) is 0.285. The lowest BCUT2D eigenvalue weighted by molar-refractivity contribution is 0.0515. The first-order valence-corrected chi connectivity index (χ1v) is 11.2. The third kappa shape index (κ3) is 4.90. The van der Waals surface area contributed by atoms with E-state index >= 15 is 0 Å². The third-order valence-corrected chi connectivity index (χ3v) is 5.67. The molecule has 0 bridgehead atoms. The average molecular weight is 487 g/mol. The molecule has 0 saturated carbocycles. The second-order valence-electron chi connectivity index (χ2n) is 8.16. The van der Waals surface area contributed by atoms with Crippen LogP contribution in [0.3, 0.4) is 0 Å². The maximum atomic E-state index is 13.4. The first-order valence-electron chi connectivity index (χ1n) is 11.2. The first-order chi connectivity index (χ1) is 17.5. The molecule has 7 nitrogen and oxygen atoms in total. The van der Waals surface area contributed by atoms with Gasteiger partial charge < -0.3 is 14.7 Å². The van der Waals surface area contributed by atoms with E-state index in [9.17, 15) is 18.4 Å². The van der Waals surface area contributed by atoms with Crippen LogP contribution in [0.5, 0.6) is 0 Å². The van der Waals surface area contributed by atoms with Crippen LogP contribution in [0, 0.1) is 11.6 Å². The minimum absolute atomic E-state index is 0.146. The number of benzene rings is 3. The maximum Gasteiger partial charge on any atom is 0.365 e. The molecule has 180 valence electrons. The van der Waals surface area contributed by atoms with E-state index in [1.807, 2.05) is 0 Å². The molecule has 0 unspecified atom stereocenters. The lowest BCUT2D eigenvalue weighted by atomic mass is 9.92. The van der Waals surface area contributed by atoms with Crippen LogP contribution in [0.15, 0.2) is 82.5 Å². The van der Waals surface area contributed by atoms with Crippen molar-refractivity contribution in [1.82, 2.24) is 5.16 Å². The van der Waals surface area contributed by atoms with Crippen molar-refractivity contribution in [2.75, 3.05) is 5.32 Å². The van der Waals surface area contributed by atoms with Gasteiger partial charge in [-0.1, -0.05) is 22.4 Å². The highest BCUT2D eigenvalue weighted by molar-refractivity contribution is 6.07. The van der Waals surface area contributed by atoms with Gasteiger partial charge in [-0.2, -0.15) is 0 Å². The summed E-state index contributed by atoms with van der Waals surface area (Å²) in [5, 5.41) is 10.8. The summed E-state index contributed by atoms with van der Waals surface area (Å²) in [5.74, 6) is -1.71. The lowest BCUT2D eigenvalue weighted by Crippen LogP contribution is -2.14. The molecule has 1 heterocycles. The topological polar surface area (TPSA) is 93.8 Å². The van der Waals surface area contributed by atoms with Crippen molar-refractivity contribution in [2.45, 2.75) is 19.3 Å². The van der Waals surface area contributed by atoms with Crippen molar-refractivity contribution >= 4 is 23.3 Å². The molecule has 1 aliphatic rings. The number of carbonyl (C=O) groups is 2. The number of aromatic nitrogens is 1. The Kier molecular flexibility index (Phi) is 6.36. The van der Waals surface area contributed by atoms with E-state index in [1.54, 1.807) is 24.3 Å². The SMILES string of the molecule is O=C(Nc1cccc(C(=O)O/N=C2\CCCc3noc(-c4ccc(F)cc4)c32)c1)c1cccc(F)c1. The van der Waals surface area contributed by atoms with Crippen molar-refractivity contribution < 1.29 is 27.7 Å². The van der Waals surface area contributed by atoms with Gasteiger partial charge in [-0.05, 0) is 79.9 Å². The minimum Gasteiger partial charge on any atom is -0.355 e. The number of amides is 1.